The van der Waals surface area contributed by atoms with E-state index in [1.807, 2.05) is 85.1 Å². The molecular weight excluding hydrogens is 532 g/mol. The third-order valence-corrected chi connectivity index (χ3v) is 9.15. The molecule has 0 unspecified atom stereocenters. The van der Waals surface area contributed by atoms with Crippen LogP contribution in [0, 0.1) is 0 Å². The number of hydrogen-bond donors (Lipinski definition) is 0. The number of rotatable bonds is 11. The van der Waals surface area contributed by atoms with Gasteiger partial charge in [0.15, 0.2) is 11.0 Å². The van der Waals surface area contributed by atoms with Gasteiger partial charge >= 0.3 is 0 Å². The highest BCUT2D eigenvalue weighted by Crippen LogP contribution is 2.29. The lowest BCUT2D eigenvalue weighted by Crippen LogP contribution is -2.30. The van der Waals surface area contributed by atoms with Gasteiger partial charge in [-0.3, -0.25) is 4.57 Å². The number of benzene rings is 3. The van der Waals surface area contributed by atoms with Gasteiger partial charge < -0.3 is 4.42 Å². The summed E-state index contributed by atoms with van der Waals surface area (Å²) in [5.74, 6) is 1.92. The maximum atomic E-state index is 13.2. The van der Waals surface area contributed by atoms with E-state index in [4.69, 9.17) is 4.42 Å². The predicted molar refractivity (Wildman–Crippen MR) is 150 cm³/mol. The van der Waals surface area contributed by atoms with E-state index in [0.717, 1.165) is 11.1 Å². The fourth-order valence-electron chi connectivity index (χ4n) is 4.16. The van der Waals surface area contributed by atoms with Gasteiger partial charge in [-0.25, -0.2) is 8.42 Å². The van der Waals surface area contributed by atoms with Crippen LogP contribution < -0.4 is 0 Å². The number of nitrogens with zero attached hydrogens (tertiary/aromatic N) is 6. The Morgan fingerprint density at radius 3 is 2.23 bits per heavy atom. The van der Waals surface area contributed by atoms with Crippen molar-refractivity contribution >= 4 is 21.8 Å². The van der Waals surface area contributed by atoms with Crippen LogP contribution in [0.15, 0.2) is 99.4 Å². The van der Waals surface area contributed by atoms with E-state index < -0.39 is 10.0 Å². The summed E-state index contributed by atoms with van der Waals surface area (Å²) < 4.78 is 35.6. The summed E-state index contributed by atoms with van der Waals surface area (Å²) in [6, 6.07) is 26.5. The maximum Gasteiger partial charge on any atom is 0.247 e. The van der Waals surface area contributed by atoms with Gasteiger partial charge in [-0.15, -0.1) is 20.4 Å². The molecule has 0 aliphatic rings. The Morgan fingerprint density at radius 1 is 0.821 bits per heavy atom. The molecule has 0 aliphatic heterocycles. The van der Waals surface area contributed by atoms with Crippen molar-refractivity contribution in [1.29, 1.82) is 0 Å². The number of sulfonamides is 1. The average molecular weight is 561 g/mol. The largest absolute Gasteiger partial charge is 0.420 e. The first-order chi connectivity index (χ1) is 19.0. The molecule has 0 bridgehead atoms. The van der Waals surface area contributed by atoms with Crippen LogP contribution in [0.2, 0.25) is 0 Å². The van der Waals surface area contributed by atoms with Crippen molar-refractivity contribution in [2.24, 2.45) is 0 Å². The minimum atomic E-state index is -3.62. The molecule has 2 heterocycles. The Bertz CT molecular complexity index is 1630. The first kappa shape index (κ1) is 26.8. The van der Waals surface area contributed by atoms with E-state index in [9.17, 15) is 8.42 Å². The van der Waals surface area contributed by atoms with E-state index in [1.165, 1.54) is 16.1 Å². The van der Waals surface area contributed by atoms with Gasteiger partial charge in [-0.05, 0) is 29.8 Å². The smallest absolute Gasteiger partial charge is 0.247 e. The third kappa shape index (κ3) is 5.95. The van der Waals surface area contributed by atoms with Gasteiger partial charge in [-0.1, -0.05) is 86.3 Å². The fourth-order valence-corrected chi connectivity index (χ4v) is 6.44. The molecule has 0 saturated carbocycles. The molecule has 2 aromatic heterocycles. The molecule has 5 aromatic rings. The van der Waals surface area contributed by atoms with Crippen LogP contribution in [0.5, 0.6) is 0 Å². The molecule has 0 aliphatic carbocycles. The lowest BCUT2D eigenvalue weighted by molar-refractivity contribution is 0.445. The van der Waals surface area contributed by atoms with Crippen LogP contribution in [-0.4, -0.2) is 50.8 Å². The monoisotopic (exact) mass is 560 g/mol. The molecule has 5 rings (SSSR count). The molecule has 39 heavy (non-hydrogen) atoms. The van der Waals surface area contributed by atoms with Crippen molar-refractivity contribution in [3.63, 3.8) is 0 Å². The van der Waals surface area contributed by atoms with Crippen LogP contribution in [0.1, 0.15) is 25.3 Å². The van der Waals surface area contributed by atoms with Gasteiger partial charge in [-0.2, -0.15) is 4.31 Å². The molecule has 3 aromatic carbocycles. The van der Waals surface area contributed by atoms with Crippen molar-refractivity contribution in [3.05, 3.63) is 96.4 Å². The Kier molecular flexibility index (Phi) is 8.20. The van der Waals surface area contributed by atoms with Gasteiger partial charge in [0, 0.05) is 24.2 Å². The van der Waals surface area contributed by atoms with E-state index >= 15 is 0 Å². The SMILES string of the molecule is CCN(CC)S(=O)(=O)c1cccc(-c2nnc(SCc3nnc(-c4ccccc4)o3)n2Cc2ccccc2)c1. The molecule has 11 heteroatoms. The van der Waals surface area contributed by atoms with Crippen LogP contribution >= 0.6 is 11.8 Å². The van der Waals surface area contributed by atoms with Gasteiger partial charge in [0.2, 0.25) is 21.8 Å². The molecule has 9 nitrogen and oxygen atoms in total. The summed E-state index contributed by atoms with van der Waals surface area (Å²) in [6.45, 7) is 4.97. The highest BCUT2D eigenvalue weighted by molar-refractivity contribution is 7.98. The standard InChI is InChI=1S/C28H28N6O3S2/c1-3-33(4-2)39(35,36)24-17-11-16-23(18-24)26-30-32-28(34(26)19-21-12-7-5-8-13-21)38-20-25-29-31-27(37-25)22-14-9-6-10-15-22/h5-18H,3-4,19-20H2,1-2H3. The average Bonchev–Trinajstić information content (AvgIpc) is 3.61. The summed E-state index contributed by atoms with van der Waals surface area (Å²) in [6.07, 6.45) is 0. The normalized spacial score (nSPS) is 11.8. The number of thioether (sulfide) groups is 1. The van der Waals surface area contributed by atoms with Crippen molar-refractivity contribution < 1.29 is 12.8 Å². The molecular formula is C28H28N6O3S2. The van der Waals surface area contributed by atoms with Gasteiger partial charge in [0.05, 0.1) is 17.2 Å². The minimum absolute atomic E-state index is 0.228. The van der Waals surface area contributed by atoms with E-state index in [-0.39, 0.29) is 4.90 Å². The van der Waals surface area contributed by atoms with Crippen molar-refractivity contribution in [2.75, 3.05) is 13.1 Å². The highest BCUT2D eigenvalue weighted by Gasteiger charge is 2.23. The summed E-state index contributed by atoms with van der Waals surface area (Å²) in [4.78, 5) is 0.228. The van der Waals surface area contributed by atoms with Crippen LogP contribution in [0.25, 0.3) is 22.8 Å². The number of aromatic nitrogens is 5. The third-order valence-electron chi connectivity index (χ3n) is 6.15. The lowest BCUT2D eigenvalue weighted by atomic mass is 10.2. The van der Waals surface area contributed by atoms with Crippen molar-refractivity contribution in [2.45, 2.75) is 36.2 Å². The predicted octanol–water partition coefficient (Wildman–Crippen LogP) is 5.37. The molecule has 0 N–H and O–H groups in total. The molecule has 0 spiro atoms. The Morgan fingerprint density at radius 2 is 1.51 bits per heavy atom. The topological polar surface area (TPSA) is 107 Å². The second-order valence-electron chi connectivity index (χ2n) is 8.65. The second kappa shape index (κ2) is 11.9. The Hall–Kier alpha value is -3.80. The van der Waals surface area contributed by atoms with E-state index in [2.05, 4.69) is 20.4 Å². The first-order valence-corrected chi connectivity index (χ1v) is 15.0. The molecule has 200 valence electrons. The van der Waals surface area contributed by atoms with Gasteiger partial charge in [0.1, 0.15) is 0 Å². The second-order valence-corrected chi connectivity index (χ2v) is 11.5. The lowest BCUT2D eigenvalue weighted by Gasteiger charge is -2.19. The zero-order valence-electron chi connectivity index (χ0n) is 21.6. The van der Waals surface area contributed by atoms with Crippen LogP contribution in [0.4, 0.5) is 0 Å². The van der Waals surface area contributed by atoms with Gasteiger partial charge in [0.25, 0.3) is 0 Å². The quantitative estimate of drug-likeness (QED) is 0.199. The number of hydrogen-bond acceptors (Lipinski definition) is 8. The summed E-state index contributed by atoms with van der Waals surface area (Å²) >= 11 is 1.43. The van der Waals surface area contributed by atoms with Crippen LogP contribution in [0.3, 0.4) is 0 Å². The molecule has 0 saturated heterocycles. The maximum absolute atomic E-state index is 13.2. The zero-order chi connectivity index (χ0) is 27.2. The van der Waals surface area contributed by atoms with Crippen molar-refractivity contribution in [1.82, 2.24) is 29.3 Å². The summed E-state index contributed by atoms with van der Waals surface area (Å²) in [5, 5.41) is 17.9. The highest BCUT2D eigenvalue weighted by atomic mass is 32.2. The molecule has 0 atom stereocenters. The summed E-state index contributed by atoms with van der Waals surface area (Å²) in [5.41, 5.74) is 2.59. The van der Waals surface area contributed by atoms with Crippen molar-refractivity contribution in [3.8, 4) is 22.8 Å². The van der Waals surface area contributed by atoms with Crippen LogP contribution in [-0.2, 0) is 22.3 Å². The Labute approximate surface area is 232 Å². The molecule has 0 radical (unpaired) electrons. The zero-order valence-corrected chi connectivity index (χ0v) is 23.3. The minimum Gasteiger partial charge on any atom is -0.420 e. The molecule has 0 amide bonds. The molecule has 0 fully saturated rings. The first-order valence-electron chi connectivity index (χ1n) is 12.6. The fraction of sp³-hybridized carbons (Fsp3) is 0.214. The Balaban J connectivity index is 1.46. The van der Waals surface area contributed by atoms with E-state index in [0.29, 0.717) is 53.7 Å². The van der Waals surface area contributed by atoms with E-state index in [1.54, 1.807) is 18.2 Å². The summed E-state index contributed by atoms with van der Waals surface area (Å²) in [7, 11) is -3.62.